The molecule has 2 aliphatic rings. The van der Waals surface area contributed by atoms with Gasteiger partial charge in [0.15, 0.2) is 29.3 Å². The van der Waals surface area contributed by atoms with Crippen molar-refractivity contribution in [3.63, 3.8) is 0 Å². The third-order valence-electron chi connectivity index (χ3n) is 7.16. The molecule has 42 heavy (non-hydrogen) atoms. The Balaban J connectivity index is 1.40. The molecule has 0 bridgehead atoms. The van der Waals surface area contributed by atoms with Gasteiger partial charge < -0.3 is 69.7 Å². The minimum Gasteiger partial charge on any atom is -0.507 e. The molecule has 0 amide bonds. The minimum absolute atomic E-state index is 0.0750. The van der Waals surface area contributed by atoms with Gasteiger partial charge in [0.05, 0.1) is 12.2 Å². The van der Waals surface area contributed by atoms with Gasteiger partial charge in [-0.25, -0.2) is 4.79 Å². The van der Waals surface area contributed by atoms with Crippen molar-refractivity contribution in [2.45, 2.75) is 55.1 Å². The zero-order chi connectivity index (χ0) is 30.6. The van der Waals surface area contributed by atoms with E-state index in [9.17, 15) is 55.5 Å². The largest absolute Gasteiger partial charge is 0.507 e. The van der Waals surface area contributed by atoms with E-state index in [2.05, 4.69) is 0 Å². The molecule has 0 unspecified atom stereocenters. The Kier molecular flexibility index (Phi) is 7.73. The van der Waals surface area contributed by atoms with Crippen molar-refractivity contribution in [3.8, 4) is 34.3 Å². The molecule has 2 aromatic carbocycles. The second-order valence-electron chi connectivity index (χ2n) is 9.85. The number of hydrogen-bond donors (Lipinski definition) is 10. The van der Waals surface area contributed by atoms with E-state index >= 15 is 0 Å². The first-order chi connectivity index (χ1) is 19.8. The molecule has 1 aromatic heterocycles. The number of aliphatic carboxylic acids is 1. The number of carboxylic acids is 1. The number of phenols is 4. The molecule has 3 aromatic rings. The number of carbonyl (C=O) groups is 1. The van der Waals surface area contributed by atoms with Crippen LogP contribution >= 0.6 is 0 Å². The number of carboxylic acid groups (broad SMARTS) is 1. The van der Waals surface area contributed by atoms with E-state index in [1.54, 1.807) is 0 Å². The maximum absolute atomic E-state index is 13.0. The first-order valence-corrected chi connectivity index (χ1v) is 12.4. The van der Waals surface area contributed by atoms with E-state index in [4.69, 9.17) is 23.7 Å². The predicted octanol–water partition coefficient (Wildman–Crippen LogP) is -1.65. The number of rotatable bonds is 6. The van der Waals surface area contributed by atoms with Crippen LogP contribution in [0.5, 0.6) is 23.0 Å². The van der Waals surface area contributed by atoms with Gasteiger partial charge in [-0.3, -0.25) is 4.79 Å². The normalized spacial score (nSPS) is 31.4. The number of aromatic hydroxyl groups is 4. The molecular formula is C26H26O16. The van der Waals surface area contributed by atoms with Crippen molar-refractivity contribution in [2.75, 3.05) is 6.61 Å². The molecular weight excluding hydrogens is 568 g/mol. The predicted molar refractivity (Wildman–Crippen MR) is 134 cm³/mol. The van der Waals surface area contributed by atoms with Crippen LogP contribution in [0.2, 0.25) is 0 Å². The second-order valence-corrected chi connectivity index (χ2v) is 9.85. The smallest absolute Gasteiger partial charge is 0.335 e. The summed E-state index contributed by atoms with van der Waals surface area (Å²) >= 11 is 0. The van der Waals surface area contributed by atoms with Crippen molar-refractivity contribution in [1.29, 1.82) is 0 Å². The third kappa shape index (κ3) is 4.99. The number of aliphatic hydroxyl groups excluding tert-OH is 5. The number of aliphatic hydroxyl groups is 5. The molecule has 0 aliphatic carbocycles. The zero-order valence-corrected chi connectivity index (χ0v) is 21.2. The molecule has 2 fully saturated rings. The average molecular weight is 594 g/mol. The molecule has 0 radical (unpaired) electrons. The molecule has 16 heteroatoms. The topological polar surface area (TPSA) is 277 Å². The van der Waals surface area contributed by atoms with Crippen LogP contribution in [-0.4, -0.2) is 113 Å². The third-order valence-corrected chi connectivity index (χ3v) is 7.16. The number of fused-ring (bicyclic) bond motifs is 1. The van der Waals surface area contributed by atoms with Crippen LogP contribution in [0.4, 0.5) is 0 Å². The zero-order valence-electron chi connectivity index (χ0n) is 21.2. The van der Waals surface area contributed by atoms with Gasteiger partial charge in [0.25, 0.3) is 0 Å². The molecule has 0 saturated carbocycles. The Morgan fingerprint density at radius 1 is 0.810 bits per heavy atom. The highest BCUT2D eigenvalue weighted by Crippen LogP contribution is 2.45. The Hall–Kier alpha value is -4.00. The van der Waals surface area contributed by atoms with Gasteiger partial charge in [-0.1, -0.05) is 0 Å². The van der Waals surface area contributed by atoms with E-state index in [-0.39, 0.29) is 16.9 Å². The standard InChI is InChI=1S/C26H26O16/c27-8-2-1-7(3-9(8)28)12-4-10(29)15-13(40-12)5-11(30)16(18(15)32)23-20(34)17(31)14(41-23)6-39-26-22(36)19(33)21(35)24(42-26)25(37)38/h1-5,14,17,19-24,26-28,30-36H,6H2,(H,37,38)/t14-,17+,19+,20-,21+,22-,23+,24+,26-/m1/s1. The van der Waals surface area contributed by atoms with Crippen molar-refractivity contribution < 1.29 is 74.5 Å². The van der Waals surface area contributed by atoms with E-state index in [1.165, 1.54) is 6.07 Å². The Labute approximate surface area is 234 Å². The highest BCUT2D eigenvalue weighted by atomic mass is 16.7. The summed E-state index contributed by atoms with van der Waals surface area (Å²) in [6, 6.07) is 5.59. The molecule has 16 nitrogen and oxygen atoms in total. The Bertz CT molecular complexity index is 1570. The van der Waals surface area contributed by atoms with Gasteiger partial charge in [-0.15, -0.1) is 0 Å². The Morgan fingerprint density at radius 2 is 1.52 bits per heavy atom. The first-order valence-electron chi connectivity index (χ1n) is 12.4. The maximum Gasteiger partial charge on any atom is 0.335 e. The molecule has 2 aliphatic heterocycles. The SMILES string of the molecule is O=C(O)[C@H]1O[C@@H](OC[C@H]2O[C@@H](c3c(O)cc4oc(-c5ccc(O)c(O)c5)cc(=O)c4c3O)[C@H](O)[C@H]2O)[C@H](O)[C@@H](O)[C@@H]1O. The highest BCUT2D eigenvalue weighted by molar-refractivity contribution is 5.88. The second kappa shape index (κ2) is 11.0. The van der Waals surface area contributed by atoms with Crippen molar-refractivity contribution in [1.82, 2.24) is 0 Å². The van der Waals surface area contributed by atoms with Crippen LogP contribution < -0.4 is 5.43 Å². The highest BCUT2D eigenvalue weighted by Gasteiger charge is 2.50. The van der Waals surface area contributed by atoms with E-state index in [0.29, 0.717) is 0 Å². The fourth-order valence-electron chi connectivity index (χ4n) is 4.91. The molecule has 0 spiro atoms. The lowest BCUT2D eigenvalue weighted by atomic mass is 9.97. The van der Waals surface area contributed by atoms with Gasteiger partial charge in [0.1, 0.15) is 71.0 Å². The van der Waals surface area contributed by atoms with Crippen molar-refractivity contribution in [2.24, 2.45) is 0 Å². The summed E-state index contributed by atoms with van der Waals surface area (Å²) in [6.45, 7) is -0.661. The van der Waals surface area contributed by atoms with Gasteiger partial charge in [0, 0.05) is 17.7 Å². The van der Waals surface area contributed by atoms with Gasteiger partial charge in [0.2, 0.25) is 0 Å². The van der Waals surface area contributed by atoms with E-state index in [1.807, 2.05) is 0 Å². The van der Waals surface area contributed by atoms with Gasteiger partial charge >= 0.3 is 5.97 Å². The fraction of sp³-hybridized carbons (Fsp3) is 0.385. The van der Waals surface area contributed by atoms with Crippen molar-refractivity contribution in [3.05, 3.63) is 46.1 Å². The summed E-state index contributed by atoms with van der Waals surface area (Å²) in [5.41, 5.74) is -1.36. The number of ether oxygens (including phenoxy) is 3. The molecule has 3 heterocycles. The summed E-state index contributed by atoms with van der Waals surface area (Å²) < 4.78 is 21.5. The molecule has 10 N–H and O–H groups in total. The van der Waals surface area contributed by atoms with Crippen LogP contribution in [0.15, 0.2) is 39.5 Å². The average Bonchev–Trinajstić information content (AvgIpc) is 3.20. The molecule has 226 valence electrons. The summed E-state index contributed by atoms with van der Waals surface area (Å²) in [5, 5.41) is 101. The summed E-state index contributed by atoms with van der Waals surface area (Å²) in [5.74, 6) is -4.14. The summed E-state index contributed by atoms with van der Waals surface area (Å²) in [6.07, 6.45) is -16.1. The van der Waals surface area contributed by atoms with Crippen LogP contribution in [0.1, 0.15) is 11.7 Å². The lowest BCUT2D eigenvalue weighted by Crippen LogP contribution is -2.60. The molecule has 9 atom stereocenters. The van der Waals surface area contributed by atoms with Crippen LogP contribution in [0.3, 0.4) is 0 Å². The maximum atomic E-state index is 13.0. The van der Waals surface area contributed by atoms with Crippen LogP contribution in [0.25, 0.3) is 22.3 Å². The van der Waals surface area contributed by atoms with Crippen LogP contribution in [-0.2, 0) is 19.0 Å². The van der Waals surface area contributed by atoms with Crippen LogP contribution in [0, 0.1) is 0 Å². The van der Waals surface area contributed by atoms with E-state index < -0.39 is 107 Å². The summed E-state index contributed by atoms with van der Waals surface area (Å²) in [7, 11) is 0. The van der Waals surface area contributed by atoms with E-state index in [0.717, 1.165) is 24.3 Å². The number of phenolic OH excluding ortho intramolecular Hbond substituents is 4. The van der Waals surface area contributed by atoms with Gasteiger partial charge in [-0.2, -0.15) is 0 Å². The number of benzene rings is 2. The number of hydrogen-bond acceptors (Lipinski definition) is 15. The molecule has 2 saturated heterocycles. The first kappa shape index (κ1) is 29.5. The fourth-order valence-corrected chi connectivity index (χ4v) is 4.91. The monoisotopic (exact) mass is 594 g/mol. The van der Waals surface area contributed by atoms with Gasteiger partial charge in [-0.05, 0) is 18.2 Å². The Morgan fingerprint density at radius 3 is 2.19 bits per heavy atom. The summed E-state index contributed by atoms with van der Waals surface area (Å²) in [4.78, 5) is 24.3. The molecule has 5 rings (SSSR count). The quantitative estimate of drug-likeness (QED) is 0.143. The van der Waals surface area contributed by atoms with Crippen molar-refractivity contribution >= 4 is 16.9 Å². The minimum atomic E-state index is -1.96. The lowest BCUT2D eigenvalue weighted by Gasteiger charge is -2.38. The lowest BCUT2D eigenvalue weighted by molar-refractivity contribution is -0.299.